The van der Waals surface area contributed by atoms with Crippen molar-refractivity contribution in [1.29, 1.82) is 0 Å². The number of hydrogen-bond acceptors (Lipinski definition) is 1. The maximum Gasteiger partial charge on any atom is 0.0359 e. The predicted molar refractivity (Wildman–Crippen MR) is 43.9 cm³/mol. The normalized spacial score (nSPS) is 9.80. The molecule has 0 radical (unpaired) electrons. The smallest absolute Gasteiger partial charge is 0.0359 e. The van der Waals surface area contributed by atoms with Gasteiger partial charge in [-0.05, 0) is 24.3 Å². The van der Waals surface area contributed by atoms with E-state index in [0.29, 0.717) is 0 Å². The van der Waals surface area contributed by atoms with Gasteiger partial charge in [0, 0.05) is 6.54 Å². The summed E-state index contributed by atoms with van der Waals surface area (Å²) in [5.41, 5.74) is 2.49. The number of nitrogens with one attached hydrogen (secondary N) is 1. The fourth-order valence-electron chi connectivity index (χ4n) is 0.899. The summed E-state index contributed by atoms with van der Waals surface area (Å²) < 4.78 is 0. The molecule has 0 aliphatic carbocycles. The summed E-state index contributed by atoms with van der Waals surface area (Å²) in [5.74, 6) is 0. The molecule has 1 nitrogen and oxygen atoms in total. The molecule has 0 saturated carbocycles. The van der Waals surface area contributed by atoms with E-state index in [4.69, 9.17) is 11.8 Å². The van der Waals surface area contributed by atoms with Gasteiger partial charge < -0.3 is 0 Å². The van der Waals surface area contributed by atoms with Crippen molar-refractivity contribution in [1.82, 2.24) is 4.84 Å². The van der Waals surface area contributed by atoms with Gasteiger partial charge in [0.25, 0.3) is 0 Å². The average molecular weight is 156 g/mol. The Morgan fingerprint density at radius 3 is 2.90 bits per heavy atom. The molecule has 0 aromatic heterocycles. The lowest BCUT2D eigenvalue weighted by Crippen LogP contribution is -1.97. The maximum absolute atomic E-state index is 5.34. The van der Waals surface area contributed by atoms with Crippen LogP contribution in [0.1, 0.15) is 11.1 Å². The lowest BCUT2D eigenvalue weighted by atomic mass is 10.1. The monoisotopic (exact) mass is 155 g/mol. The summed E-state index contributed by atoms with van der Waals surface area (Å²) in [4.78, 5) is 2.58. The summed E-state index contributed by atoms with van der Waals surface area (Å²) >= 11 is 5.34. The van der Waals surface area contributed by atoms with Crippen LogP contribution in [0.3, 0.4) is 0 Å². The average Bonchev–Trinajstić information content (AvgIpc) is 1.88. The molecule has 0 bridgehead atoms. The first-order valence-electron chi connectivity index (χ1n) is 3.22. The fourth-order valence-corrected chi connectivity index (χ4v) is 1.05. The Balaban J connectivity index is 2.75. The van der Waals surface area contributed by atoms with Crippen molar-refractivity contribution >= 4 is 11.8 Å². The molecular formula is C8H10ClN. The van der Waals surface area contributed by atoms with Crippen molar-refractivity contribution < 1.29 is 0 Å². The van der Waals surface area contributed by atoms with Gasteiger partial charge in [0.15, 0.2) is 0 Å². The highest BCUT2D eigenvalue weighted by Crippen LogP contribution is 2.02. The van der Waals surface area contributed by atoms with E-state index in [9.17, 15) is 0 Å². The van der Waals surface area contributed by atoms with Gasteiger partial charge in [-0.25, -0.2) is 4.84 Å². The quantitative estimate of drug-likeness (QED) is 0.646. The second kappa shape index (κ2) is 3.59. The standard InChI is InChI=1S/C8H10ClN/c1-7-3-2-4-8(5-7)6-10-9/h2-5,10H,6H2,1H3. The molecule has 0 saturated heterocycles. The van der Waals surface area contributed by atoms with Crippen LogP contribution in [-0.2, 0) is 6.54 Å². The van der Waals surface area contributed by atoms with Gasteiger partial charge in [-0.2, -0.15) is 0 Å². The molecule has 1 N–H and O–H groups in total. The molecule has 0 spiro atoms. The van der Waals surface area contributed by atoms with Crippen LogP contribution in [0, 0.1) is 6.92 Å². The highest BCUT2D eigenvalue weighted by molar-refractivity contribution is 6.13. The Labute approximate surface area is 66.1 Å². The van der Waals surface area contributed by atoms with Gasteiger partial charge in [-0.1, -0.05) is 29.8 Å². The summed E-state index contributed by atoms with van der Waals surface area (Å²) in [6.45, 7) is 2.79. The Kier molecular flexibility index (Phi) is 2.72. The van der Waals surface area contributed by atoms with Crippen molar-refractivity contribution in [3.05, 3.63) is 35.4 Å². The molecule has 2 heteroatoms. The molecule has 0 aliphatic heterocycles. The van der Waals surface area contributed by atoms with E-state index >= 15 is 0 Å². The Hall–Kier alpha value is -0.530. The molecule has 0 amide bonds. The first-order valence-corrected chi connectivity index (χ1v) is 3.60. The van der Waals surface area contributed by atoms with Crippen molar-refractivity contribution in [3.8, 4) is 0 Å². The molecule has 1 aromatic carbocycles. The van der Waals surface area contributed by atoms with Gasteiger partial charge in [-0.15, -0.1) is 0 Å². The third-order valence-electron chi connectivity index (χ3n) is 1.35. The van der Waals surface area contributed by atoms with Crippen LogP contribution >= 0.6 is 11.8 Å². The highest BCUT2D eigenvalue weighted by Gasteiger charge is 1.89. The Bertz CT molecular complexity index is 210. The predicted octanol–water partition coefficient (Wildman–Crippen LogP) is 2.24. The van der Waals surface area contributed by atoms with Gasteiger partial charge in [0.2, 0.25) is 0 Å². The summed E-state index contributed by atoms with van der Waals surface area (Å²) in [7, 11) is 0. The van der Waals surface area contributed by atoms with Gasteiger partial charge >= 0.3 is 0 Å². The molecular weight excluding hydrogens is 146 g/mol. The van der Waals surface area contributed by atoms with Crippen molar-refractivity contribution in [3.63, 3.8) is 0 Å². The number of aryl methyl sites for hydroxylation is 1. The van der Waals surface area contributed by atoms with E-state index in [1.165, 1.54) is 11.1 Å². The van der Waals surface area contributed by atoms with E-state index < -0.39 is 0 Å². The summed E-state index contributed by atoms with van der Waals surface area (Å²) in [5, 5.41) is 0. The number of halogens is 1. The lowest BCUT2D eigenvalue weighted by molar-refractivity contribution is 0.961. The van der Waals surface area contributed by atoms with E-state index in [2.05, 4.69) is 23.9 Å². The SMILES string of the molecule is Cc1cccc(CNCl)c1. The van der Waals surface area contributed by atoms with E-state index in [1.54, 1.807) is 0 Å². The largest absolute Gasteiger partial charge is 0.229 e. The summed E-state index contributed by atoms with van der Waals surface area (Å²) in [6.07, 6.45) is 0. The van der Waals surface area contributed by atoms with Crippen molar-refractivity contribution in [2.75, 3.05) is 0 Å². The molecule has 1 aromatic rings. The molecule has 0 unspecified atom stereocenters. The van der Waals surface area contributed by atoms with Crippen LogP contribution in [0.25, 0.3) is 0 Å². The number of hydrogen-bond donors (Lipinski definition) is 1. The zero-order valence-electron chi connectivity index (χ0n) is 5.89. The molecule has 0 aliphatic rings. The molecule has 0 atom stereocenters. The number of rotatable bonds is 2. The zero-order valence-corrected chi connectivity index (χ0v) is 6.65. The van der Waals surface area contributed by atoms with Gasteiger partial charge in [0.1, 0.15) is 0 Å². The van der Waals surface area contributed by atoms with Crippen molar-refractivity contribution in [2.24, 2.45) is 0 Å². The molecule has 0 heterocycles. The van der Waals surface area contributed by atoms with Gasteiger partial charge in [0.05, 0.1) is 0 Å². The van der Waals surface area contributed by atoms with Crippen LogP contribution in [-0.4, -0.2) is 0 Å². The zero-order chi connectivity index (χ0) is 7.40. The lowest BCUT2D eigenvalue weighted by Gasteiger charge is -1.98. The van der Waals surface area contributed by atoms with Crippen LogP contribution in [0.2, 0.25) is 0 Å². The van der Waals surface area contributed by atoms with Crippen LogP contribution < -0.4 is 4.84 Å². The highest BCUT2D eigenvalue weighted by atomic mass is 35.5. The molecule has 54 valence electrons. The first kappa shape index (κ1) is 7.58. The third-order valence-corrected chi connectivity index (χ3v) is 1.49. The molecule has 10 heavy (non-hydrogen) atoms. The second-order valence-corrected chi connectivity index (χ2v) is 2.57. The second-order valence-electron chi connectivity index (χ2n) is 2.30. The Morgan fingerprint density at radius 2 is 2.30 bits per heavy atom. The van der Waals surface area contributed by atoms with Crippen LogP contribution in [0.4, 0.5) is 0 Å². The van der Waals surface area contributed by atoms with Crippen LogP contribution in [0.5, 0.6) is 0 Å². The molecule has 1 rings (SSSR count). The number of benzene rings is 1. The third kappa shape index (κ3) is 2.01. The van der Waals surface area contributed by atoms with E-state index in [0.717, 1.165) is 6.54 Å². The Morgan fingerprint density at radius 1 is 1.50 bits per heavy atom. The van der Waals surface area contributed by atoms with Crippen LogP contribution in [0.15, 0.2) is 24.3 Å². The molecule has 0 fully saturated rings. The fraction of sp³-hybridized carbons (Fsp3) is 0.250. The topological polar surface area (TPSA) is 12.0 Å². The summed E-state index contributed by atoms with van der Waals surface area (Å²) in [6, 6.07) is 8.24. The van der Waals surface area contributed by atoms with Gasteiger partial charge in [-0.3, -0.25) is 0 Å². The minimum absolute atomic E-state index is 0.725. The minimum atomic E-state index is 0.725. The van der Waals surface area contributed by atoms with Crippen molar-refractivity contribution in [2.45, 2.75) is 13.5 Å². The maximum atomic E-state index is 5.34. The minimum Gasteiger partial charge on any atom is -0.229 e. The first-order chi connectivity index (χ1) is 4.83. The van der Waals surface area contributed by atoms with E-state index in [1.807, 2.05) is 12.1 Å². The van der Waals surface area contributed by atoms with E-state index in [-0.39, 0.29) is 0 Å².